The predicted molar refractivity (Wildman–Crippen MR) is 97.5 cm³/mol. The lowest BCUT2D eigenvalue weighted by Gasteiger charge is -2.43. The Morgan fingerprint density at radius 2 is 1.83 bits per heavy atom. The maximum atomic E-state index is 10.1. The number of ether oxygens (including phenoxy) is 2. The summed E-state index contributed by atoms with van der Waals surface area (Å²) in [5.41, 5.74) is 3.27. The maximum absolute atomic E-state index is 10.1. The summed E-state index contributed by atoms with van der Waals surface area (Å²) in [6.45, 7) is 12.7. The molecule has 0 radical (unpaired) electrons. The average molecular weight is 330 g/mol. The summed E-state index contributed by atoms with van der Waals surface area (Å²) in [4.78, 5) is 0. The first-order valence-electron chi connectivity index (χ1n) is 8.76. The monoisotopic (exact) mass is 330 g/mol. The fourth-order valence-corrected chi connectivity index (χ4v) is 3.48. The third-order valence-corrected chi connectivity index (χ3v) is 5.07. The van der Waals surface area contributed by atoms with Gasteiger partial charge in [0.1, 0.15) is 18.5 Å². The van der Waals surface area contributed by atoms with Crippen molar-refractivity contribution in [3.8, 4) is 18.1 Å². The second-order valence-corrected chi connectivity index (χ2v) is 7.82. The van der Waals surface area contributed by atoms with Crippen LogP contribution >= 0.6 is 0 Å². The van der Waals surface area contributed by atoms with Crippen LogP contribution in [0.2, 0.25) is 0 Å². The van der Waals surface area contributed by atoms with Crippen LogP contribution < -0.4 is 4.74 Å². The first kappa shape index (κ1) is 18.8. The van der Waals surface area contributed by atoms with Crippen molar-refractivity contribution >= 4 is 0 Å². The summed E-state index contributed by atoms with van der Waals surface area (Å²) in [6, 6.07) is 3.97. The number of hydrogen-bond acceptors (Lipinski definition) is 3. The van der Waals surface area contributed by atoms with Crippen molar-refractivity contribution in [2.24, 2.45) is 0 Å². The highest BCUT2D eigenvalue weighted by Gasteiger charge is 2.40. The molecule has 0 heterocycles. The molecule has 3 nitrogen and oxygen atoms in total. The molecule has 0 aliphatic heterocycles. The molecule has 1 aromatic rings. The van der Waals surface area contributed by atoms with Crippen molar-refractivity contribution < 1.29 is 14.6 Å². The van der Waals surface area contributed by atoms with Gasteiger partial charge in [0.2, 0.25) is 0 Å². The molecule has 1 aliphatic carbocycles. The Morgan fingerprint density at radius 1 is 1.17 bits per heavy atom. The molecule has 0 unspecified atom stereocenters. The standard InChI is InChI=1S/C21H30O3/c1-7-17(22)15-13-16-19(18(14-15)24-12-11-23-8-2)21(5,6)10-9-20(16,3)4/h1,13-14,17,22H,8-12H2,2-6H3/t17-/m0/s1. The van der Waals surface area contributed by atoms with E-state index >= 15 is 0 Å². The Bertz CT molecular complexity index is 623. The highest BCUT2D eigenvalue weighted by Crippen LogP contribution is 2.50. The van der Waals surface area contributed by atoms with E-state index < -0.39 is 6.10 Å². The minimum Gasteiger partial charge on any atom is -0.491 e. The van der Waals surface area contributed by atoms with Gasteiger partial charge in [-0.05, 0) is 47.8 Å². The second kappa shape index (κ2) is 7.17. The first-order valence-corrected chi connectivity index (χ1v) is 8.76. The van der Waals surface area contributed by atoms with E-state index in [2.05, 4.69) is 39.7 Å². The summed E-state index contributed by atoms with van der Waals surface area (Å²) in [5.74, 6) is 3.24. The Hall–Kier alpha value is -1.50. The van der Waals surface area contributed by atoms with Gasteiger partial charge < -0.3 is 14.6 Å². The van der Waals surface area contributed by atoms with Crippen LogP contribution in [0.25, 0.3) is 0 Å². The summed E-state index contributed by atoms with van der Waals surface area (Å²) in [6.07, 6.45) is 6.72. The van der Waals surface area contributed by atoms with Crippen LogP contribution in [-0.2, 0) is 15.6 Å². The molecular weight excluding hydrogens is 300 g/mol. The van der Waals surface area contributed by atoms with E-state index in [0.717, 1.165) is 24.2 Å². The number of rotatable bonds is 6. The van der Waals surface area contributed by atoms with E-state index in [1.807, 2.05) is 13.0 Å². The molecule has 0 saturated heterocycles. The lowest BCUT2D eigenvalue weighted by Crippen LogP contribution is -2.34. The van der Waals surface area contributed by atoms with Gasteiger partial charge in [0.05, 0.1) is 6.61 Å². The summed E-state index contributed by atoms with van der Waals surface area (Å²) in [7, 11) is 0. The molecule has 0 spiro atoms. The normalized spacial score (nSPS) is 19.2. The van der Waals surface area contributed by atoms with Crippen LogP contribution in [0, 0.1) is 12.3 Å². The van der Waals surface area contributed by atoms with Crippen LogP contribution in [0.4, 0.5) is 0 Å². The fraction of sp³-hybridized carbons (Fsp3) is 0.619. The van der Waals surface area contributed by atoms with Crippen molar-refractivity contribution in [2.45, 2.75) is 64.4 Å². The predicted octanol–water partition coefficient (Wildman–Crippen LogP) is 4.12. The fourth-order valence-electron chi connectivity index (χ4n) is 3.48. The Kier molecular flexibility index (Phi) is 5.63. The number of hydrogen-bond donors (Lipinski definition) is 1. The lowest BCUT2D eigenvalue weighted by molar-refractivity contribution is 0.108. The van der Waals surface area contributed by atoms with E-state index in [-0.39, 0.29) is 10.8 Å². The summed E-state index contributed by atoms with van der Waals surface area (Å²) < 4.78 is 11.5. The van der Waals surface area contributed by atoms with Crippen LogP contribution in [0.1, 0.15) is 70.3 Å². The molecule has 0 saturated carbocycles. The molecular formula is C21H30O3. The Labute approximate surface area is 146 Å². The zero-order chi connectivity index (χ0) is 18.0. The van der Waals surface area contributed by atoms with Gasteiger partial charge in [-0.15, -0.1) is 6.42 Å². The first-order chi connectivity index (χ1) is 11.2. The van der Waals surface area contributed by atoms with E-state index in [4.69, 9.17) is 15.9 Å². The molecule has 0 fully saturated rings. The minimum atomic E-state index is -0.912. The third-order valence-electron chi connectivity index (χ3n) is 5.07. The molecule has 0 bridgehead atoms. The topological polar surface area (TPSA) is 38.7 Å². The molecule has 0 amide bonds. The number of aliphatic hydroxyl groups is 1. The molecule has 1 atom stereocenters. The van der Waals surface area contributed by atoms with Crippen molar-refractivity contribution in [3.63, 3.8) is 0 Å². The Morgan fingerprint density at radius 3 is 2.46 bits per heavy atom. The molecule has 2 rings (SSSR count). The second-order valence-electron chi connectivity index (χ2n) is 7.82. The Balaban J connectivity index is 2.52. The van der Waals surface area contributed by atoms with Crippen molar-refractivity contribution in [1.29, 1.82) is 0 Å². The van der Waals surface area contributed by atoms with Crippen molar-refractivity contribution in [2.75, 3.05) is 19.8 Å². The van der Waals surface area contributed by atoms with Crippen LogP contribution in [0.15, 0.2) is 12.1 Å². The molecule has 24 heavy (non-hydrogen) atoms. The van der Waals surface area contributed by atoms with Crippen molar-refractivity contribution in [1.82, 2.24) is 0 Å². The van der Waals surface area contributed by atoms with Crippen LogP contribution in [0.3, 0.4) is 0 Å². The van der Waals surface area contributed by atoms with E-state index in [1.54, 1.807) is 0 Å². The smallest absolute Gasteiger partial charge is 0.140 e. The van der Waals surface area contributed by atoms with Gasteiger partial charge in [0.25, 0.3) is 0 Å². The number of aliphatic hydroxyl groups excluding tert-OH is 1. The van der Waals surface area contributed by atoms with Crippen LogP contribution in [-0.4, -0.2) is 24.9 Å². The lowest BCUT2D eigenvalue weighted by atomic mass is 9.62. The SMILES string of the molecule is C#C[C@H](O)c1cc(OCCOCC)c2c(c1)C(C)(C)CCC2(C)C. The molecule has 132 valence electrons. The van der Waals surface area contributed by atoms with Gasteiger partial charge in [-0.25, -0.2) is 0 Å². The van der Waals surface area contributed by atoms with Gasteiger partial charge in [-0.2, -0.15) is 0 Å². The molecule has 0 aromatic heterocycles. The van der Waals surface area contributed by atoms with E-state index in [0.29, 0.717) is 19.8 Å². The van der Waals surface area contributed by atoms with E-state index in [1.165, 1.54) is 11.1 Å². The van der Waals surface area contributed by atoms with Gasteiger partial charge in [0, 0.05) is 12.2 Å². The summed E-state index contributed by atoms with van der Waals surface area (Å²) in [5, 5.41) is 10.1. The van der Waals surface area contributed by atoms with Crippen LogP contribution in [0.5, 0.6) is 5.75 Å². The zero-order valence-electron chi connectivity index (χ0n) is 15.6. The molecule has 3 heteroatoms. The number of terminal acetylenes is 1. The maximum Gasteiger partial charge on any atom is 0.140 e. The van der Waals surface area contributed by atoms with E-state index in [9.17, 15) is 5.11 Å². The zero-order valence-corrected chi connectivity index (χ0v) is 15.6. The number of fused-ring (bicyclic) bond motifs is 1. The van der Waals surface area contributed by atoms with Crippen molar-refractivity contribution in [3.05, 3.63) is 28.8 Å². The average Bonchev–Trinajstić information content (AvgIpc) is 2.54. The highest BCUT2D eigenvalue weighted by atomic mass is 16.5. The number of benzene rings is 1. The molecule has 1 N–H and O–H groups in total. The minimum absolute atomic E-state index is 0.0332. The quantitative estimate of drug-likeness (QED) is 0.630. The third kappa shape index (κ3) is 3.77. The molecule has 1 aromatic carbocycles. The van der Waals surface area contributed by atoms with Gasteiger partial charge >= 0.3 is 0 Å². The van der Waals surface area contributed by atoms with Gasteiger partial charge in [-0.3, -0.25) is 0 Å². The summed E-state index contributed by atoms with van der Waals surface area (Å²) >= 11 is 0. The van der Waals surface area contributed by atoms with Gasteiger partial charge in [0.15, 0.2) is 0 Å². The highest BCUT2D eigenvalue weighted by molar-refractivity contribution is 5.53. The van der Waals surface area contributed by atoms with Gasteiger partial charge in [-0.1, -0.05) is 39.7 Å². The molecule has 1 aliphatic rings. The largest absolute Gasteiger partial charge is 0.491 e.